The van der Waals surface area contributed by atoms with Crippen molar-refractivity contribution in [2.24, 2.45) is 0 Å². The van der Waals surface area contributed by atoms with Crippen LogP contribution in [0.3, 0.4) is 0 Å². The number of benzene rings is 2. The summed E-state index contributed by atoms with van der Waals surface area (Å²) in [6.45, 7) is 9.26. The van der Waals surface area contributed by atoms with Crippen LogP contribution in [0.1, 0.15) is 18.4 Å². The molecule has 0 aliphatic carbocycles. The fourth-order valence-electron chi connectivity index (χ4n) is 4.83. The van der Waals surface area contributed by atoms with E-state index in [0.29, 0.717) is 12.6 Å². The Balaban J connectivity index is 1.65. The molecule has 1 aromatic heterocycles. The third-order valence-corrected chi connectivity index (χ3v) is 9.49. The van der Waals surface area contributed by atoms with E-state index in [0.717, 1.165) is 42.8 Å². The largest absolute Gasteiger partial charge is 0.381 e. The van der Waals surface area contributed by atoms with Gasteiger partial charge in [-0.05, 0) is 36.1 Å². The summed E-state index contributed by atoms with van der Waals surface area (Å²) in [6.07, 6.45) is 5.23. The topological polar surface area (TPSA) is 74.4 Å². The Labute approximate surface area is 208 Å². The Kier molecular flexibility index (Phi) is 6.37. The zero-order chi connectivity index (χ0) is 24.6. The molecule has 2 aliphatic heterocycles. The van der Waals surface area contributed by atoms with Crippen molar-refractivity contribution < 1.29 is 13.2 Å². The molecule has 5 rings (SSSR count). The summed E-state index contributed by atoms with van der Waals surface area (Å²) in [6, 6.07) is 15.4. The Morgan fingerprint density at radius 2 is 1.74 bits per heavy atom. The van der Waals surface area contributed by atoms with Gasteiger partial charge in [0.25, 0.3) is 0 Å². The number of sulfone groups is 1. The molecule has 35 heavy (non-hydrogen) atoms. The normalized spacial score (nSPS) is 18.3. The van der Waals surface area contributed by atoms with Crippen molar-refractivity contribution in [2.45, 2.75) is 45.1 Å². The Hall–Kier alpha value is -2.81. The van der Waals surface area contributed by atoms with Crippen molar-refractivity contribution >= 4 is 39.8 Å². The molecule has 3 heterocycles. The van der Waals surface area contributed by atoms with Crippen molar-refractivity contribution in [3.05, 3.63) is 71.2 Å². The van der Waals surface area contributed by atoms with E-state index in [1.807, 2.05) is 4.90 Å². The van der Waals surface area contributed by atoms with Gasteiger partial charge in [-0.1, -0.05) is 50.0 Å². The molecule has 2 aliphatic rings. The fourth-order valence-corrected chi connectivity index (χ4v) is 7.10. The van der Waals surface area contributed by atoms with Gasteiger partial charge in [0, 0.05) is 54.5 Å². The average Bonchev–Trinajstić information content (AvgIpc) is 3.22. The number of rotatable bonds is 6. The van der Waals surface area contributed by atoms with Gasteiger partial charge in [-0.25, -0.2) is 8.42 Å². The molecule has 1 fully saturated rings. The highest BCUT2D eigenvalue weighted by atomic mass is 32.2. The molecule has 184 valence electrons. The third-order valence-electron chi connectivity index (χ3n) is 6.61. The monoisotopic (exact) mass is 507 g/mol. The van der Waals surface area contributed by atoms with Crippen LogP contribution >= 0.6 is 0 Å². The summed E-state index contributed by atoms with van der Waals surface area (Å²) >= 11 is 0. The fraction of sp³-hybridized carbons (Fsp3) is 0.333. The lowest BCUT2D eigenvalue weighted by Gasteiger charge is -2.25. The summed E-state index contributed by atoms with van der Waals surface area (Å²) in [5.41, 5.74) is 5.87. The molecule has 1 saturated heterocycles. The molecule has 0 bridgehead atoms. The molecular weight excluding hydrogens is 474 g/mol. The van der Waals surface area contributed by atoms with Crippen molar-refractivity contribution in [1.29, 1.82) is 0 Å². The molecule has 0 amide bonds. The molecule has 0 atom stereocenters. The minimum atomic E-state index is -3.25. The van der Waals surface area contributed by atoms with Gasteiger partial charge in [0.2, 0.25) is 0 Å². The molecule has 0 saturated carbocycles. The van der Waals surface area contributed by atoms with E-state index in [4.69, 9.17) is 4.74 Å². The minimum absolute atomic E-state index is 0.362. The molecule has 6 nitrogen and oxygen atoms in total. The van der Waals surface area contributed by atoms with Gasteiger partial charge in [-0.2, -0.15) is 0 Å². The third kappa shape index (κ3) is 5.24. The lowest BCUT2D eigenvalue weighted by molar-refractivity contribution is 0.0905. The first-order valence-electron chi connectivity index (χ1n) is 12.2. The number of H-pyrrole nitrogens is 1. The average molecular weight is 508 g/mol. The van der Waals surface area contributed by atoms with Crippen LogP contribution in [-0.2, 0) is 21.1 Å². The second-order valence-electron chi connectivity index (χ2n) is 10.4. The highest BCUT2D eigenvalue weighted by molar-refractivity contribution is 7.97. The van der Waals surface area contributed by atoms with Crippen LogP contribution in [0.4, 0.5) is 5.69 Å². The lowest BCUT2D eigenvalue weighted by Crippen LogP contribution is -2.39. The Morgan fingerprint density at radius 3 is 2.40 bits per heavy atom. The number of aromatic amines is 1. The van der Waals surface area contributed by atoms with Gasteiger partial charge in [0.05, 0.1) is 30.1 Å². The predicted molar refractivity (Wildman–Crippen MR) is 147 cm³/mol. The van der Waals surface area contributed by atoms with Crippen LogP contribution in [0.15, 0.2) is 65.7 Å². The molecule has 3 aromatic rings. The van der Waals surface area contributed by atoms with E-state index in [1.54, 1.807) is 12.4 Å². The summed E-state index contributed by atoms with van der Waals surface area (Å²) in [5, 5.41) is 8.86. The number of nitrogens with zero attached hydrogens (tertiary/aromatic N) is 1. The van der Waals surface area contributed by atoms with Gasteiger partial charge in [-0.15, -0.1) is 0 Å². The molecule has 2 aromatic carbocycles. The number of anilines is 1. The smallest absolute Gasteiger partial charge is 0.195 e. The molecule has 0 radical (unpaired) electrons. The first-order valence-corrected chi connectivity index (χ1v) is 17.3. The van der Waals surface area contributed by atoms with E-state index in [-0.39, 0.29) is 0 Å². The van der Waals surface area contributed by atoms with Gasteiger partial charge in [0.1, 0.15) is 0 Å². The Bertz CT molecular complexity index is 1360. The molecular formula is C27H33N3O3SSi. The lowest BCUT2D eigenvalue weighted by atomic mass is 10.0. The quantitative estimate of drug-likeness (QED) is 0.452. The van der Waals surface area contributed by atoms with E-state index >= 15 is 0 Å². The number of aromatic nitrogens is 1. The molecule has 0 spiro atoms. The number of nitrogens with one attached hydrogen (secondary N) is 2. The molecule has 2 N–H and O–H groups in total. The second kappa shape index (κ2) is 9.33. The van der Waals surface area contributed by atoms with Gasteiger partial charge >= 0.3 is 0 Å². The van der Waals surface area contributed by atoms with Crippen LogP contribution < -0.4 is 10.6 Å². The van der Waals surface area contributed by atoms with Crippen LogP contribution in [-0.4, -0.2) is 45.6 Å². The van der Waals surface area contributed by atoms with Crippen molar-refractivity contribution in [1.82, 2.24) is 9.88 Å². The van der Waals surface area contributed by atoms with E-state index in [1.165, 1.54) is 32.6 Å². The van der Waals surface area contributed by atoms with Crippen molar-refractivity contribution in [2.75, 3.05) is 18.5 Å². The standard InChI is InChI=1S/C27H33N3O3SSi/c1-35(2,3)27-25(21-7-5-4-6-8-21)23-17-20(19-30-11-15-34(31,32)16-12-30)18-24(26(23)29-27)28-22-9-13-33-14-10-22/h4-8,11-12,15-18,22,28-29H,9-10,13-14,19H2,1-3H3. The maximum atomic E-state index is 11.8. The predicted octanol–water partition coefficient (Wildman–Crippen LogP) is 5.14. The highest BCUT2D eigenvalue weighted by Crippen LogP contribution is 2.35. The van der Waals surface area contributed by atoms with Gasteiger partial charge < -0.3 is 19.9 Å². The van der Waals surface area contributed by atoms with Crippen LogP contribution in [0.5, 0.6) is 0 Å². The highest BCUT2D eigenvalue weighted by Gasteiger charge is 2.27. The van der Waals surface area contributed by atoms with E-state index < -0.39 is 17.9 Å². The summed E-state index contributed by atoms with van der Waals surface area (Å²) in [7, 11) is -4.95. The SMILES string of the molecule is C[Si](C)(C)c1[nH]c2c(NC3CCOCC3)cc(CN3C=CS(=O)(=O)C=C3)cc2c1-c1ccccc1. The molecule has 0 unspecified atom stereocenters. The first kappa shape index (κ1) is 23.9. The maximum absolute atomic E-state index is 11.8. The zero-order valence-electron chi connectivity index (χ0n) is 20.5. The zero-order valence-corrected chi connectivity index (χ0v) is 22.4. The molecule has 8 heteroatoms. The Morgan fingerprint density at radius 1 is 1.06 bits per heavy atom. The van der Waals surface area contributed by atoms with Crippen LogP contribution in [0.2, 0.25) is 19.6 Å². The van der Waals surface area contributed by atoms with Gasteiger partial charge in [-0.3, -0.25) is 0 Å². The van der Waals surface area contributed by atoms with Crippen molar-refractivity contribution in [3.8, 4) is 11.1 Å². The maximum Gasteiger partial charge on any atom is 0.195 e. The van der Waals surface area contributed by atoms with Crippen LogP contribution in [0, 0.1) is 0 Å². The summed E-state index contributed by atoms with van der Waals surface area (Å²) in [5.74, 6) is 0. The van der Waals surface area contributed by atoms with Crippen molar-refractivity contribution in [3.63, 3.8) is 0 Å². The summed E-state index contributed by atoms with van der Waals surface area (Å²) < 4.78 is 29.1. The van der Waals surface area contributed by atoms with E-state index in [2.05, 4.69) is 72.4 Å². The van der Waals surface area contributed by atoms with Crippen LogP contribution in [0.25, 0.3) is 22.0 Å². The number of ether oxygens (including phenoxy) is 1. The first-order chi connectivity index (χ1) is 16.7. The number of fused-ring (bicyclic) bond motifs is 1. The van der Waals surface area contributed by atoms with E-state index in [9.17, 15) is 8.42 Å². The second-order valence-corrected chi connectivity index (χ2v) is 17.1. The number of hydrogen-bond acceptors (Lipinski definition) is 5. The minimum Gasteiger partial charge on any atom is -0.381 e. The number of hydrogen-bond donors (Lipinski definition) is 2. The summed E-state index contributed by atoms with van der Waals surface area (Å²) in [4.78, 5) is 5.76. The van der Waals surface area contributed by atoms with Gasteiger partial charge in [0.15, 0.2) is 9.84 Å².